The van der Waals surface area contributed by atoms with Crippen LogP contribution in [0.4, 0.5) is 0 Å². The zero-order valence-electron chi connectivity index (χ0n) is 8.30. The second kappa shape index (κ2) is 6.04. The van der Waals surface area contributed by atoms with Crippen LogP contribution in [0, 0.1) is 18.8 Å². The molecule has 0 aliphatic heterocycles. The van der Waals surface area contributed by atoms with Crippen LogP contribution in [0.15, 0.2) is 0 Å². The second-order valence-corrected chi connectivity index (χ2v) is 3.71. The van der Waals surface area contributed by atoms with Crippen molar-refractivity contribution < 1.29 is 9.53 Å². The molecule has 0 aliphatic rings. The smallest absolute Gasteiger partial charge is 0.306 e. The summed E-state index contributed by atoms with van der Waals surface area (Å²) in [5.74, 6) is 0.650. The lowest BCUT2D eigenvalue weighted by Crippen LogP contribution is -2.09. The van der Waals surface area contributed by atoms with Crippen molar-refractivity contribution in [1.82, 2.24) is 0 Å². The molecule has 2 heteroatoms. The first-order chi connectivity index (χ1) is 5.52. The van der Waals surface area contributed by atoms with Gasteiger partial charge in [0.25, 0.3) is 0 Å². The van der Waals surface area contributed by atoms with Crippen LogP contribution in [0.3, 0.4) is 0 Å². The maximum atomic E-state index is 11.0. The molecule has 0 fully saturated rings. The molecule has 2 nitrogen and oxygen atoms in total. The molecule has 1 atom stereocenters. The Kier molecular flexibility index (Phi) is 5.77. The van der Waals surface area contributed by atoms with Gasteiger partial charge in [0.1, 0.15) is 0 Å². The normalized spacial score (nSPS) is 10.8. The lowest BCUT2D eigenvalue weighted by Gasteiger charge is -2.07. The summed E-state index contributed by atoms with van der Waals surface area (Å²) in [5.41, 5.74) is 0. The highest BCUT2D eigenvalue weighted by atomic mass is 16.5. The van der Waals surface area contributed by atoms with Gasteiger partial charge in [-0.15, -0.1) is 0 Å². The largest absolute Gasteiger partial charge is 0.466 e. The molecule has 0 saturated heterocycles. The molecule has 1 unspecified atom stereocenters. The molecular weight excluding hydrogens is 152 g/mol. The van der Waals surface area contributed by atoms with Crippen molar-refractivity contribution in [2.75, 3.05) is 6.61 Å². The summed E-state index contributed by atoms with van der Waals surface area (Å²) in [6.07, 6.45) is 1.37. The van der Waals surface area contributed by atoms with Crippen molar-refractivity contribution in [3.63, 3.8) is 0 Å². The van der Waals surface area contributed by atoms with Gasteiger partial charge in [-0.1, -0.05) is 27.7 Å². The fourth-order valence-electron chi connectivity index (χ4n) is 0.766. The van der Waals surface area contributed by atoms with Crippen molar-refractivity contribution >= 4 is 5.97 Å². The SMILES string of the molecule is [CH2]C(C)CCOC(=O)CC(C)C. The standard InChI is InChI=1S/C10H19O2/c1-8(2)5-6-12-10(11)7-9(3)4/h8-9H,1,5-7H2,2-4H3. The van der Waals surface area contributed by atoms with Crippen LogP contribution in [0.5, 0.6) is 0 Å². The van der Waals surface area contributed by atoms with E-state index in [1.807, 2.05) is 20.8 Å². The Morgan fingerprint density at radius 2 is 2.00 bits per heavy atom. The lowest BCUT2D eigenvalue weighted by atomic mass is 10.1. The van der Waals surface area contributed by atoms with Gasteiger partial charge in [0.15, 0.2) is 0 Å². The molecule has 0 heterocycles. The maximum Gasteiger partial charge on any atom is 0.306 e. The minimum atomic E-state index is -0.0920. The molecule has 0 saturated carbocycles. The first kappa shape index (κ1) is 11.5. The van der Waals surface area contributed by atoms with Gasteiger partial charge in [-0.3, -0.25) is 4.79 Å². The van der Waals surface area contributed by atoms with Crippen molar-refractivity contribution in [2.45, 2.75) is 33.6 Å². The van der Waals surface area contributed by atoms with Gasteiger partial charge >= 0.3 is 5.97 Å². The zero-order valence-corrected chi connectivity index (χ0v) is 8.30. The highest BCUT2D eigenvalue weighted by molar-refractivity contribution is 5.69. The number of esters is 1. The molecule has 0 aromatic rings. The van der Waals surface area contributed by atoms with E-state index in [1.165, 1.54) is 0 Å². The molecule has 0 bridgehead atoms. The van der Waals surface area contributed by atoms with Crippen molar-refractivity contribution in [3.05, 3.63) is 6.92 Å². The van der Waals surface area contributed by atoms with E-state index in [2.05, 4.69) is 6.92 Å². The molecule has 1 radical (unpaired) electrons. The number of hydrogen-bond donors (Lipinski definition) is 0. The molecule has 0 aromatic carbocycles. The molecule has 0 aromatic heterocycles. The summed E-state index contributed by atoms with van der Waals surface area (Å²) < 4.78 is 4.98. The second-order valence-electron chi connectivity index (χ2n) is 3.71. The van der Waals surface area contributed by atoms with Gasteiger partial charge < -0.3 is 4.74 Å². The van der Waals surface area contributed by atoms with Crippen LogP contribution < -0.4 is 0 Å². The summed E-state index contributed by atoms with van der Waals surface area (Å²) in [5, 5.41) is 0. The van der Waals surface area contributed by atoms with Crippen molar-refractivity contribution in [2.24, 2.45) is 11.8 Å². The molecule has 0 spiro atoms. The van der Waals surface area contributed by atoms with Crippen LogP contribution in [0.1, 0.15) is 33.6 Å². The van der Waals surface area contributed by atoms with E-state index in [1.54, 1.807) is 0 Å². The van der Waals surface area contributed by atoms with E-state index in [0.29, 0.717) is 24.9 Å². The number of carbonyl (C=O) groups excluding carboxylic acids is 1. The Bertz CT molecular complexity index is 128. The van der Waals surface area contributed by atoms with E-state index >= 15 is 0 Å². The van der Waals surface area contributed by atoms with Gasteiger partial charge in [-0.2, -0.15) is 0 Å². The Balaban J connectivity index is 3.32. The lowest BCUT2D eigenvalue weighted by molar-refractivity contribution is -0.144. The van der Waals surface area contributed by atoms with Crippen molar-refractivity contribution in [3.8, 4) is 0 Å². The van der Waals surface area contributed by atoms with E-state index in [9.17, 15) is 4.79 Å². The van der Waals surface area contributed by atoms with Crippen LogP contribution in [-0.4, -0.2) is 12.6 Å². The van der Waals surface area contributed by atoms with E-state index in [4.69, 9.17) is 4.74 Å². The van der Waals surface area contributed by atoms with Crippen LogP contribution in [0.25, 0.3) is 0 Å². The Hall–Kier alpha value is -0.530. The van der Waals surface area contributed by atoms with Crippen LogP contribution >= 0.6 is 0 Å². The Morgan fingerprint density at radius 3 is 2.42 bits per heavy atom. The predicted molar refractivity (Wildman–Crippen MR) is 49.6 cm³/mol. The van der Waals surface area contributed by atoms with Gasteiger partial charge in [0, 0.05) is 6.42 Å². The fourth-order valence-corrected chi connectivity index (χ4v) is 0.766. The Labute approximate surface area is 75.3 Å². The van der Waals surface area contributed by atoms with Crippen LogP contribution in [0.2, 0.25) is 0 Å². The average Bonchev–Trinajstić information content (AvgIpc) is 1.84. The minimum Gasteiger partial charge on any atom is -0.466 e. The molecule has 0 rings (SSSR count). The van der Waals surface area contributed by atoms with Gasteiger partial charge in [0.05, 0.1) is 6.61 Å². The fraction of sp³-hybridized carbons (Fsp3) is 0.800. The number of hydrogen-bond acceptors (Lipinski definition) is 2. The molecule has 0 amide bonds. The highest BCUT2D eigenvalue weighted by Crippen LogP contribution is 2.03. The van der Waals surface area contributed by atoms with E-state index in [0.717, 1.165) is 6.42 Å². The minimum absolute atomic E-state index is 0.0920. The number of rotatable bonds is 5. The molecule has 12 heavy (non-hydrogen) atoms. The average molecular weight is 171 g/mol. The zero-order chi connectivity index (χ0) is 9.56. The van der Waals surface area contributed by atoms with Gasteiger partial charge in [-0.25, -0.2) is 0 Å². The summed E-state index contributed by atoms with van der Waals surface area (Å²) in [6.45, 7) is 10.3. The van der Waals surface area contributed by atoms with Gasteiger partial charge in [0.2, 0.25) is 0 Å². The summed E-state index contributed by atoms with van der Waals surface area (Å²) >= 11 is 0. The summed E-state index contributed by atoms with van der Waals surface area (Å²) in [7, 11) is 0. The Morgan fingerprint density at radius 1 is 1.42 bits per heavy atom. The van der Waals surface area contributed by atoms with E-state index < -0.39 is 0 Å². The van der Waals surface area contributed by atoms with E-state index in [-0.39, 0.29) is 5.97 Å². The predicted octanol–water partition coefficient (Wildman–Crippen LogP) is 2.44. The monoisotopic (exact) mass is 171 g/mol. The van der Waals surface area contributed by atoms with Crippen LogP contribution in [-0.2, 0) is 9.53 Å². The topological polar surface area (TPSA) is 26.3 Å². The van der Waals surface area contributed by atoms with Gasteiger partial charge in [-0.05, 0) is 18.3 Å². The molecule has 71 valence electrons. The number of carbonyl (C=O) groups is 1. The third kappa shape index (κ3) is 7.58. The highest BCUT2D eigenvalue weighted by Gasteiger charge is 2.05. The van der Waals surface area contributed by atoms with Crippen molar-refractivity contribution in [1.29, 1.82) is 0 Å². The molecule has 0 aliphatic carbocycles. The number of ether oxygens (including phenoxy) is 1. The molecular formula is C10H19O2. The first-order valence-electron chi connectivity index (χ1n) is 4.51. The molecule has 0 N–H and O–H groups in total. The maximum absolute atomic E-state index is 11.0. The third-order valence-electron chi connectivity index (χ3n) is 1.45. The first-order valence-corrected chi connectivity index (χ1v) is 4.51. The summed E-state index contributed by atoms with van der Waals surface area (Å²) in [4.78, 5) is 11.0. The summed E-state index contributed by atoms with van der Waals surface area (Å²) in [6, 6.07) is 0. The third-order valence-corrected chi connectivity index (χ3v) is 1.45. The quantitative estimate of drug-likeness (QED) is 0.594.